The molecule has 6 heteroatoms. The van der Waals surface area contributed by atoms with Gasteiger partial charge in [0, 0.05) is 31.0 Å². The van der Waals surface area contributed by atoms with Crippen molar-refractivity contribution in [3.8, 4) is 0 Å². The number of nitrogens with zero attached hydrogens (tertiary/aromatic N) is 2. The number of rotatable bonds is 8. The highest BCUT2D eigenvalue weighted by molar-refractivity contribution is 6.26. The number of anilines is 1. The van der Waals surface area contributed by atoms with Gasteiger partial charge in [0.05, 0.1) is 5.69 Å². The third-order valence-corrected chi connectivity index (χ3v) is 6.90. The average molecular weight is 492 g/mol. The van der Waals surface area contributed by atoms with Gasteiger partial charge in [-0.1, -0.05) is 84.4 Å². The van der Waals surface area contributed by atoms with Gasteiger partial charge in [0.15, 0.2) is 0 Å². The molecule has 4 aromatic carbocycles. The third kappa shape index (κ3) is 4.83. The lowest BCUT2D eigenvalue weighted by Crippen LogP contribution is -2.52. The highest BCUT2D eigenvalue weighted by Crippen LogP contribution is 2.37. The van der Waals surface area contributed by atoms with Crippen molar-refractivity contribution in [1.82, 2.24) is 10.2 Å². The van der Waals surface area contributed by atoms with Crippen molar-refractivity contribution in [3.05, 3.63) is 113 Å². The smallest absolute Gasteiger partial charge is 0.259 e. The summed E-state index contributed by atoms with van der Waals surface area (Å²) in [5.41, 5.74) is 4.27. The zero-order valence-corrected chi connectivity index (χ0v) is 21.0. The molecule has 186 valence electrons. The van der Waals surface area contributed by atoms with Crippen LogP contribution in [-0.4, -0.2) is 42.3 Å². The van der Waals surface area contributed by atoms with Crippen LogP contribution in [0, 0.1) is 6.92 Å². The monoisotopic (exact) mass is 491 g/mol. The van der Waals surface area contributed by atoms with Crippen LogP contribution in [0.1, 0.15) is 27.0 Å². The molecule has 1 aliphatic rings. The molecule has 6 nitrogen and oxygen atoms in total. The first-order chi connectivity index (χ1) is 18.0. The molecule has 0 unspecified atom stereocenters. The second kappa shape index (κ2) is 10.3. The first-order valence-corrected chi connectivity index (χ1v) is 12.4. The summed E-state index contributed by atoms with van der Waals surface area (Å²) in [5, 5.41) is 4.56. The minimum Gasteiger partial charge on any atom is -0.357 e. The Bertz CT molecular complexity index is 1480. The number of hydrogen-bond donors (Lipinski definition) is 1. The lowest BCUT2D eigenvalue weighted by Gasteiger charge is -2.32. The van der Waals surface area contributed by atoms with E-state index in [9.17, 15) is 14.4 Å². The second-order valence-electron chi connectivity index (χ2n) is 9.40. The molecule has 0 saturated heterocycles. The van der Waals surface area contributed by atoms with Crippen LogP contribution in [0.4, 0.5) is 5.69 Å². The standard InChI is InChI=1S/C31H29N3O3/c1-21-9-6-12-23(17-21)19-33(27(30(36)32-2)18-22-10-4-3-5-11-22)28(35)20-34-26-16-8-14-24-13-7-15-25(29(24)26)31(34)37/h3-17,27H,18-20H2,1-2H3,(H,32,36)/t27-/m0/s1. The highest BCUT2D eigenvalue weighted by Gasteiger charge is 2.35. The molecule has 0 radical (unpaired) electrons. The molecule has 0 aliphatic carbocycles. The van der Waals surface area contributed by atoms with Crippen molar-refractivity contribution in [3.63, 3.8) is 0 Å². The van der Waals surface area contributed by atoms with E-state index in [2.05, 4.69) is 5.32 Å². The molecule has 0 saturated carbocycles. The van der Waals surface area contributed by atoms with Crippen LogP contribution < -0.4 is 10.2 Å². The number of aryl methyl sites for hydroxylation is 1. The Morgan fingerprint density at radius 1 is 0.892 bits per heavy atom. The normalized spacial score (nSPS) is 13.0. The number of hydrogen-bond acceptors (Lipinski definition) is 3. The van der Waals surface area contributed by atoms with E-state index in [1.165, 1.54) is 4.90 Å². The number of amides is 3. The van der Waals surface area contributed by atoms with Crippen LogP contribution in [0.5, 0.6) is 0 Å². The predicted molar refractivity (Wildman–Crippen MR) is 145 cm³/mol. The quantitative estimate of drug-likeness (QED) is 0.395. The zero-order chi connectivity index (χ0) is 25.9. The maximum Gasteiger partial charge on any atom is 0.259 e. The van der Waals surface area contributed by atoms with E-state index in [0.29, 0.717) is 12.0 Å². The lowest BCUT2D eigenvalue weighted by molar-refractivity contribution is -0.140. The predicted octanol–water partition coefficient (Wildman–Crippen LogP) is 4.49. The third-order valence-electron chi connectivity index (χ3n) is 6.90. The minimum absolute atomic E-state index is 0.152. The molecule has 37 heavy (non-hydrogen) atoms. The van der Waals surface area contributed by atoms with Crippen molar-refractivity contribution in [2.45, 2.75) is 25.9 Å². The van der Waals surface area contributed by atoms with Crippen LogP contribution >= 0.6 is 0 Å². The largest absolute Gasteiger partial charge is 0.357 e. The van der Waals surface area contributed by atoms with Gasteiger partial charge in [0.25, 0.3) is 5.91 Å². The Morgan fingerprint density at radius 3 is 2.32 bits per heavy atom. The number of carbonyl (C=O) groups is 3. The van der Waals surface area contributed by atoms with Gasteiger partial charge in [0.2, 0.25) is 11.8 Å². The van der Waals surface area contributed by atoms with E-state index in [1.807, 2.05) is 91.9 Å². The van der Waals surface area contributed by atoms with Crippen molar-refractivity contribution in [1.29, 1.82) is 0 Å². The molecular formula is C31H29N3O3. The van der Waals surface area contributed by atoms with Crippen LogP contribution in [0.3, 0.4) is 0 Å². The molecule has 0 spiro atoms. The van der Waals surface area contributed by atoms with E-state index >= 15 is 0 Å². The van der Waals surface area contributed by atoms with Gasteiger partial charge in [-0.05, 0) is 35.6 Å². The first kappa shape index (κ1) is 24.3. The van der Waals surface area contributed by atoms with E-state index in [4.69, 9.17) is 0 Å². The van der Waals surface area contributed by atoms with Crippen molar-refractivity contribution < 1.29 is 14.4 Å². The van der Waals surface area contributed by atoms with Crippen LogP contribution in [0.25, 0.3) is 10.8 Å². The molecule has 3 amide bonds. The molecule has 0 bridgehead atoms. The number of nitrogens with one attached hydrogen (secondary N) is 1. The van der Waals surface area contributed by atoms with Crippen molar-refractivity contribution >= 4 is 34.2 Å². The zero-order valence-electron chi connectivity index (χ0n) is 21.0. The first-order valence-electron chi connectivity index (χ1n) is 12.4. The van der Waals surface area contributed by atoms with Gasteiger partial charge >= 0.3 is 0 Å². The summed E-state index contributed by atoms with van der Waals surface area (Å²) in [7, 11) is 1.58. The topological polar surface area (TPSA) is 69.7 Å². The van der Waals surface area contributed by atoms with Crippen LogP contribution in [0.2, 0.25) is 0 Å². The summed E-state index contributed by atoms with van der Waals surface area (Å²) in [6.45, 7) is 2.10. The summed E-state index contributed by atoms with van der Waals surface area (Å²) in [5.74, 6) is -0.734. The van der Waals surface area contributed by atoms with Gasteiger partial charge in [-0.2, -0.15) is 0 Å². The molecule has 0 aromatic heterocycles. The molecular weight excluding hydrogens is 462 g/mol. The van der Waals surface area contributed by atoms with Crippen LogP contribution in [-0.2, 0) is 22.6 Å². The lowest BCUT2D eigenvalue weighted by atomic mass is 10.0. The molecule has 1 N–H and O–H groups in total. The summed E-state index contributed by atoms with van der Waals surface area (Å²) in [6.07, 6.45) is 0.363. The number of carbonyl (C=O) groups excluding carboxylic acids is 3. The second-order valence-corrected chi connectivity index (χ2v) is 9.40. The summed E-state index contributed by atoms with van der Waals surface area (Å²) < 4.78 is 0. The van der Waals surface area contributed by atoms with Crippen LogP contribution in [0.15, 0.2) is 91.0 Å². The van der Waals surface area contributed by atoms with E-state index < -0.39 is 6.04 Å². The summed E-state index contributed by atoms with van der Waals surface area (Å²) in [4.78, 5) is 43.7. The molecule has 5 rings (SSSR count). The SMILES string of the molecule is CNC(=O)[C@H](Cc1ccccc1)N(Cc1cccc(C)c1)C(=O)CN1C(=O)c2cccc3cccc1c23. The summed E-state index contributed by atoms with van der Waals surface area (Å²) >= 11 is 0. The Hall–Kier alpha value is -4.45. The van der Waals surface area contributed by atoms with Gasteiger partial charge in [-0.3, -0.25) is 19.3 Å². The maximum absolute atomic E-state index is 14.0. The average Bonchev–Trinajstić information content (AvgIpc) is 3.18. The van der Waals surface area contributed by atoms with E-state index in [-0.39, 0.29) is 30.8 Å². The minimum atomic E-state index is -0.740. The van der Waals surface area contributed by atoms with Gasteiger partial charge < -0.3 is 10.2 Å². The van der Waals surface area contributed by atoms with Crippen molar-refractivity contribution in [2.75, 3.05) is 18.5 Å². The molecule has 0 fully saturated rings. The fourth-order valence-electron chi connectivity index (χ4n) is 5.09. The highest BCUT2D eigenvalue weighted by atomic mass is 16.2. The molecule has 1 atom stereocenters. The molecule has 4 aromatic rings. The summed E-state index contributed by atoms with van der Waals surface area (Å²) in [6, 6.07) is 28.2. The van der Waals surface area contributed by atoms with Gasteiger partial charge in [-0.15, -0.1) is 0 Å². The Morgan fingerprint density at radius 2 is 1.59 bits per heavy atom. The fraction of sp³-hybridized carbons (Fsp3) is 0.194. The van der Waals surface area contributed by atoms with Gasteiger partial charge in [0.1, 0.15) is 12.6 Å². The Labute approximate surface area is 216 Å². The Kier molecular flexibility index (Phi) is 6.73. The van der Waals surface area contributed by atoms with Crippen molar-refractivity contribution in [2.24, 2.45) is 0 Å². The van der Waals surface area contributed by atoms with E-state index in [1.54, 1.807) is 18.0 Å². The van der Waals surface area contributed by atoms with Gasteiger partial charge in [-0.25, -0.2) is 0 Å². The maximum atomic E-state index is 14.0. The van der Waals surface area contributed by atoms with E-state index in [0.717, 1.165) is 33.2 Å². The molecule has 1 aliphatic heterocycles. The fourth-order valence-corrected chi connectivity index (χ4v) is 5.09. The molecule has 1 heterocycles. The number of benzene rings is 4. The Balaban J connectivity index is 1.50. The number of likely N-dealkylation sites (N-methyl/N-ethyl adjacent to an activating group) is 1.